The standard InChI is InChI=1S/C15H18O/c1-10-5-4-6-15(3)8-14-12(7-13(10)15)11(2)9-16-14/h4-6,9,13H,7-8H2,1-3H3/t13-,15-/m1/s1. The van der Waals surface area contributed by atoms with Gasteiger partial charge in [-0.05, 0) is 42.7 Å². The minimum atomic E-state index is 0.260. The van der Waals surface area contributed by atoms with E-state index in [1.165, 1.54) is 22.5 Å². The van der Waals surface area contributed by atoms with Gasteiger partial charge in [-0.3, -0.25) is 0 Å². The Labute approximate surface area is 96.8 Å². The fourth-order valence-corrected chi connectivity index (χ4v) is 3.24. The predicted molar refractivity (Wildman–Crippen MR) is 65.3 cm³/mol. The third-order valence-electron chi connectivity index (χ3n) is 4.32. The van der Waals surface area contributed by atoms with Crippen LogP contribution in [-0.2, 0) is 12.8 Å². The van der Waals surface area contributed by atoms with E-state index in [9.17, 15) is 0 Å². The molecule has 16 heavy (non-hydrogen) atoms. The number of fused-ring (bicyclic) bond motifs is 2. The zero-order valence-corrected chi connectivity index (χ0v) is 10.2. The van der Waals surface area contributed by atoms with Gasteiger partial charge >= 0.3 is 0 Å². The molecule has 1 nitrogen and oxygen atoms in total. The van der Waals surface area contributed by atoms with Crippen molar-refractivity contribution in [3.05, 3.63) is 47.0 Å². The van der Waals surface area contributed by atoms with Crippen molar-refractivity contribution in [2.45, 2.75) is 33.6 Å². The second-order valence-electron chi connectivity index (χ2n) is 5.53. The van der Waals surface area contributed by atoms with Gasteiger partial charge in [0.25, 0.3) is 0 Å². The normalized spacial score (nSPS) is 31.9. The van der Waals surface area contributed by atoms with Crippen LogP contribution < -0.4 is 0 Å². The average Bonchev–Trinajstić information content (AvgIpc) is 2.57. The van der Waals surface area contributed by atoms with Gasteiger partial charge in [-0.1, -0.05) is 30.7 Å². The molecule has 3 rings (SSSR count). The molecule has 2 aliphatic rings. The first-order valence-corrected chi connectivity index (χ1v) is 6.02. The molecule has 0 bridgehead atoms. The molecule has 0 spiro atoms. The van der Waals surface area contributed by atoms with Crippen molar-refractivity contribution in [1.82, 2.24) is 0 Å². The van der Waals surface area contributed by atoms with Crippen LogP contribution in [0.3, 0.4) is 0 Å². The highest BCUT2D eigenvalue weighted by Gasteiger charge is 2.40. The monoisotopic (exact) mass is 214 g/mol. The molecule has 0 saturated carbocycles. The van der Waals surface area contributed by atoms with E-state index in [0.29, 0.717) is 5.92 Å². The Hall–Kier alpha value is -1.24. The molecule has 0 aliphatic heterocycles. The third kappa shape index (κ3) is 1.24. The molecule has 1 heteroatoms. The number of hydrogen-bond acceptors (Lipinski definition) is 1. The molecular formula is C15H18O. The van der Waals surface area contributed by atoms with E-state index in [1.54, 1.807) is 0 Å². The summed E-state index contributed by atoms with van der Waals surface area (Å²) in [6, 6.07) is 0. The Kier molecular flexibility index (Phi) is 1.95. The summed E-state index contributed by atoms with van der Waals surface area (Å²) in [6.45, 7) is 6.76. The second-order valence-corrected chi connectivity index (χ2v) is 5.53. The summed E-state index contributed by atoms with van der Waals surface area (Å²) >= 11 is 0. The van der Waals surface area contributed by atoms with Crippen LogP contribution >= 0.6 is 0 Å². The molecule has 2 atom stereocenters. The SMILES string of the molecule is CC1=CC=C[C@]2(C)Cc3occ(C)c3C[C@H]12. The molecule has 84 valence electrons. The molecule has 1 aromatic rings. The van der Waals surface area contributed by atoms with Crippen molar-refractivity contribution in [1.29, 1.82) is 0 Å². The van der Waals surface area contributed by atoms with Crippen molar-refractivity contribution >= 4 is 0 Å². The van der Waals surface area contributed by atoms with Gasteiger partial charge in [0, 0.05) is 6.42 Å². The fraction of sp³-hybridized carbons (Fsp3) is 0.467. The molecular weight excluding hydrogens is 196 g/mol. The van der Waals surface area contributed by atoms with Gasteiger partial charge in [-0.25, -0.2) is 0 Å². The lowest BCUT2D eigenvalue weighted by molar-refractivity contribution is 0.244. The largest absolute Gasteiger partial charge is 0.469 e. The number of rotatable bonds is 0. The van der Waals surface area contributed by atoms with E-state index >= 15 is 0 Å². The highest BCUT2D eigenvalue weighted by Crippen LogP contribution is 2.47. The molecule has 0 saturated heterocycles. The highest BCUT2D eigenvalue weighted by atomic mass is 16.3. The van der Waals surface area contributed by atoms with Gasteiger partial charge in [0.2, 0.25) is 0 Å². The lowest BCUT2D eigenvalue weighted by Gasteiger charge is -2.41. The predicted octanol–water partition coefficient (Wildman–Crippen LogP) is 3.83. The number of hydrogen-bond donors (Lipinski definition) is 0. The van der Waals surface area contributed by atoms with Gasteiger partial charge in [0.05, 0.1) is 6.26 Å². The fourth-order valence-electron chi connectivity index (χ4n) is 3.24. The van der Waals surface area contributed by atoms with Crippen LogP contribution in [0.25, 0.3) is 0 Å². The summed E-state index contributed by atoms with van der Waals surface area (Å²) in [5, 5.41) is 0. The lowest BCUT2D eigenvalue weighted by atomic mass is 9.63. The molecule has 0 aromatic carbocycles. The van der Waals surface area contributed by atoms with Gasteiger partial charge in [-0.2, -0.15) is 0 Å². The van der Waals surface area contributed by atoms with Crippen LogP contribution in [0, 0.1) is 18.3 Å². The van der Waals surface area contributed by atoms with E-state index in [2.05, 4.69) is 39.0 Å². The molecule has 0 amide bonds. The first-order valence-electron chi connectivity index (χ1n) is 6.02. The molecule has 0 fully saturated rings. The molecule has 2 aliphatic carbocycles. The van der Waals surface area contributed by atoms with E-state index < -0.39 is 0 Å². The first kappa shape index (κ1) is 9.95. The van der Waals surface area contributed by atoms with Crippen LogP contribution in [0.1, 0.15) is 30.7 Å². The third-order valence-corrected chi connectivity index (χ3v) is 4.32. The van der Waals surface area contributed by atoms with Crippen molar-refractivity contribution in [3.8, 4) is 0 Å². The molecule has 0 radical (unpaired) electrons. The Morgan fingerprint density at radius 3 is 3.00 bits per heavy atom. The maximum atomic E-state index is 5.68. The van der Waals surface area contributed by atoms with Crippen LogP contribution in [0.5, 0.6) is 0 Å². The van der Waals surface area contributed by atoms with Crippen molar-refractivity contribution in [2.75, 3.05) is 0 Å². The van der Waals surface area contributed by atoms with E-state index in [0.717, 1.165) is 12.8 Å². The van der Waals surface area contributed by atoms with E-state index in [1.807, 2.05) is 6.26 Å². The molecule has 1 aromatic heterocycles. The highest BCUT2D eigenvalue weighted by molar-refractivity contribution is 5.38. The Balaban J connectivity index is 2.09. The van der Waals surface area contributed by atoms with Crippen molar-refractivity contribution in [2.24, 2.45) is 11.3 Å². The average molecular weight is 214 g/mol. The van der Waals surface area contributed by atoms with Crippen LogP contribution in [0.2, 0.25) is 0 Å². The minimum Gasteiger partial charge on any atom is -0.469 e. The second kappa shape index (κ2) is 3.13. The maximum Gasteiger partial charge on any atom is 0.108 e. The first-order chi connectivity index (χ1) is 7.60. The maximum absolute atomic E-state index is 5.68. The van der Waals surface area contributed by atoms with Crippen LogP contribution in [-0.4, -0.2) is 0 Å². The Morgan fingerprint density at radius 2 is 2.19 bits per heavy atom. The van der Waals surface area contributed by atoms with Crippen LogP contribution in [0.4, 0.5) is 0 Å². The summed E-state index contributed by atoms with van der Waals surface area (Å²) in [5.74, 6) is 1.86. The topological polar surface area (TPSA) is 13.1 Å². The summed E-state index contributed by atoms with van der Waals surface area (Å²) in [5.41, 5.74) is 4.54. The van der Waals surface area contributed by atoms with Crippen molar-refractivity contribution in [3.63, 3.8) is 0 Å². The number of allylic oxidation sites excluding steroid dienone is 4. The lowest BCUT2D eigenvalue weighted by Crippen LogP contribution is -2.35. The summed E-state index contributed by atoms with van der Waals surface area (Å²) in [6.07, 6.45) is 10.9. The number of aryl methyl sites for hydroxylation is 1. The zero-order valence-electron chi connectivity index (χ0n) is 10.2. The van der Waals surface area contributed by atoms with E-state index in [4.69, 9.17) is 4.42 Å². The van der Waals surface area contributed by atoms with Crippen LogP contribution in [0.15, 0.2) is 34.5 Å². The summed E-state index contributed by atoms with van der Waals surface area (Å²) < 4.78 is 5.68. The molecule has 0 unspecified atom stereocenters. The Morgan fingerprint density at radius 1 is 1.38 bits per heavy atom. The van der Waals surface area contributed by atoms with Crippen molar-refractivity contribution < 1.29 is 4.42 Å². The number of furan rings is 1. The zero-order chi connectivity index (χ0) is 11.3. The van der Waals surface area contributed by atoms with Gasteiger partial charge in [0.1, 0.15) is 5.76 Å². The quantitative estimate of drug-likeness (QED) is 0.639. The van der Waals surface area contributed by atoms with E-state index in [-0.39, 0.29) is 5.41 Å². The summed E-state index contributed by atoms with van der Waals surface area (Å²) in [7, 11) is 0. The minimum absolute atomic E-state index is 0.260. The molecule has 1 heterocycles. The van der Waals surface area contributed by atoms with Gasteiger partial charge < -0.3 is 4.42 Å². The Bertz CT molecular complexity index is 490. The summed E-state index contributed by atoms with van der Waals surface area (Å²) in [4.78, 5) is 0. The molecule has 0 N–H and O–H groups in total. The van der Waals surface area contributed by atoms with Gasteiger partial charge in [-0.15, -0.1) is 0 Å². The smallest absolute Gasteiger partial charge is 0.108 e. The van der Waals surface area contributed by atoms with Gasteiger partial charge in [0.15, 0.2) is 0 Å².